The van der Waals surface area contributed by atoms with Crippen molar-refractivity contribution in [1.29, 1.82) is 10.5 Å². The van der Waals surface area contributed by atoms with E-state index in [2.05, 4.69) is 17.5 Å². The number of nitrogens with one attached hydrogen (secondary N) is 1. The lowest BCUT2D eigenvalue weighted by Gasteiger charge is -2.31. The van der Waals surface area contributed by atoms with Gasteiger partial charge in [0.2, 0.25) is 0 Å². The molecule has 0 aromatic heterocycles. The van der Waals surface area contributed by atoms with Crippen LogP contribution in [0.5, 0.6) is 0 Å². The molecule has 0 bridgehead atoms. The maximum atomic E-state index is 12.8. The predicted molar refractivity (Wildman–Crippen MR) is 98.2 cm³/mol. The maximum absolute atomic E-state index is 12.8. The molecule has 2 aromatic carbocycles. The molecule has 2 aromatic rings. The number of nitriles is 2. The van der Waals surface area contributed by atoms with Gasteiger partial charge < -0.3 is 4.74 Å². The first-order valence-corrected chi connectivity index (χ1v) is 8.96. The number of ether oxygens (including phenoxy) is 1. The lowest BCUT2D eigenvalue weighted by Crippen LogP contribution is -2.49. The van der Waals surface area contributed by atoms with Crippen molar-refractivity contribution in [1.82, 2.24) is 5.32 Å². The summed E-state index contributed by atoms with van der Waals surface area (Å²) in [6, 6.07) is 21.1. The van der Waals surface area contributed by atoms with E-state index in [4.69, 9.17) is 4.74 Å². The zero-order valence-electron chi connectivity index (χ0n) is 15.0. The second kappa shape index (κ2) is 6.23. The van der Waals surface area contributed by atoms with Crippen LogP contribution in [0.3, 0.4) is 0 Å². The van der Waals surface area contributed by atoms with E-state index in [0.717, 1.165) is 16.7 Å². The number of carbonyl (C=O) groups is 1. The Bertz CT molecular complexity index is 942. The second-order valence-electron chi connectivity index (χ2n) is 7.28. The topological polar surface area (TPSA) is 85.9 Å². The standard InChI is InChI=1S/C22H19N3O2/c1-15-7-9-17(10-8-15)19-21(13-23,14-24)18(16-5-3-2-4-6-16)22(25-19)11-12-27-20(22)26/h2-10,18-19,25H,11-12H2,1H3/t18?,19-,22-/m0/s1. The van der Waals surface area contributed by atoms with Crippen LogP contribution in [0.25, 0.3) is 0 Å². The molecule has 1 N–H and O–H groups in total. The monoisotopic (exact) mass is 357 g/mol. The Kier molecular flexibility index (Phi) is 3.98. The number of aryl methyl sites for hydroxylation is 1. The Labute approximate surface area is 158 Å². The van der Waals surface area contributed by atoms with Crippen molar-refractivity contribution in [3.05, 3.63) is 71.3 Å². The van der Waals surface area contributed by atoms with Crippen molar-refractivity contribution < 1.29 is 9.53 Å². The summed E-state index contributed by atoms with van der Waals surface area (Å²) in [5.74, 6) is -1.01. The highest BCUT2D eigenvalue weighted by molar-refractivity contribution is 5.86. The van der Waals surface area contributed by atoms with E-state index in [-0.39, 0.29) is 12.6 Å². The van der Waals surface area contributed by atoms with Crippen molar-refractivity contribution in [3.63, 3.8) is 0 Å². The summed E-state index contributed by atoms with van der Waals surface area (Å²) in [6.07, 6.45) is 0.429. The van der Waals surface area contributed by atoms with Gasteiger partial charge in [0.25, 0.3) is 0 Å². The first-order chi connectivity index (χ1) is 13.1. The number of cyclic esters (lactones) is 1. The van der Waals surface area contributed by atoms with Gasteiger partial charge in [-0.15, -0.1) is 0 Å². The molecule has 0 radical (unpaired) electrons. The van der Waals surface area contributed by atoms with Gasteiger partial charge in [-0.2, -0.15) is 10.5 Å². The van der Waals surface area contributed by atoms with E-state index in [0.29, 0.717) is 6.42 Å². The normalized spacial score (nSPS) is 28.5. The number of hydrogen-bond acceptors (Lipinski definition) is 5. The van der Waals surface area contributed by atoms with Crippen LogP contribution < -0.4 is 5.32 Å². The fraction of sp³-hybridized carbons (Fsp3) is 0.318. The number of carbonyl (C=O) groups excluding carboxylic acids is 1. The van der Waals surface area contributed by atoms with Gasteiger partial charge in [-0.1, -0.05) is 60.2 Å². The lowest BCUT2D eigenvalue weighted by atomic mass is 9.64. The third-order valence-corrected chi connectivity index (χ3v) is 5.81. The highest BCUT2D eigenvalue weighted by Gasteiger charge is 2.69. The van der Waals surface area contributed by atoms with Gasteiger partial charge in [0.05, 0.1) is 24.8 Å². The molecule has 134 valence electrons. The molecule has 5 heteroatoms. The maximum Gasteiger partial charge on any atom is 0.327 e. The van der Waals surface area contributed by atoms with Gasteiger partial charge in [0.1, 0.15) is 5.54 Å². The number of benzene rings is 2. The molecule has 27 heavy (non-hydrogen) atoms. The molecule has 4 rings (SSSR count). The number of esters is 1. The molecule has 0 saturated carbocycles. The van der Waals surface area contributed by atoms with E-state index < -0.39 is 22.9 Å². The summed E-state index contributed by atoms with van der Waals surface area (Å²) in [7, 11) is 0. The highest BCUT2D eigenvalue weighted by Crippen LogP contribution is 2.59. The summed E-state index contributed by atoms with van der Waals surface area (Å²) < 4.78 is 5.31. The fourth-order valence-corrected chi connectivity index (χ4v) is 4.52. The van der Waals surface area contributed by atoms with Gasteiger partial charge in [-0.3, -0.25) is 10.1 Å². The summed E-state index contributed by atoms with van der Waals surface area (Å²) in [5.41, 5.74) is 0.191. The predicted octanol–water partition coefficient (Wildman–Crippen LogP) is 3.14. The molecule has 1 unspecified atom stereocenters. The summed E-state index contributed by atoms with van der Waals surface area (Å²) >= 11 is 0. The van der Waals surface area contributed by atoms with Crippen molar-refractivity contribution in [2.45, 2.75) is 30.8 Å². The molecule has 1 spiro atoms. The second-order valence-corrected chi connectivity index (χ2v) is 7.28. The van der Waals surface area contributed by atoms with Gasteiger partial charge in [-0.25, -0.2) is 0 Å². The van der Waals surface area contributed by atoms with E-state index in [9.17, 15) is 15.3 Å². The molecule has 2 aliphatic rings. The van der Waals surface area contributed by atoms with Gasteiger partial charge >= 0.3 is 5.97 Å². The Hall–Kier alpha value is -3.15. The van der Waals surface area contributed by atoms with Crippen LogP contribution in [-0.2, 0) is 9.53 Å². The average molecular weight is 357 g/mol. The van der Waals surface area contributed by atoms with Crippen molar-refractivity contribution in [2.24, 2.45) is 5.41 Å². The fourth-order valence-electron chi connectivity index (χ4n) is 4.52. The minimum atomic E-state index is -1.43. The summed E-state index contributed by atoms with van der Waals surface area (Å²) in [6.45, 7) is 2.26. The van der Waals surface area contributed by atoms with E-state index in [1.54, 1.807) is 0 Å². The average Bonchev–Trinajstić information content (AvgIpc) is 3.21. The molecule has 5 nitrogen and oxygen atoms in total. The Morgan fingerprint density at radius 1 is 1.04 bits per heavy atom. The zero-order valence-corrected chi connectivity index (χ0v) is 15.0. The largest absolute Gasteiger partial charge is 0.464 e. The number of rotatable bonds is 2. The van der Waals surface area contributed by atoms with E-state index in [1.807, 2.05) is 61.5 Å². The smallest absolute Gasteiger partial charge is 0.327 e. The van der Waals surface area contributed by atoms with Crippen molar-refractivity contribution in [3.8, 4) is 12.1 Å². The van der Waals surface area contributed by atoms with E-state index in [1.165, 1.54) is 0 Å². The molecule has 2 heterocycles. The van der Waals surface area contributed by atoms with Crippen LogP contribution in [0.1, 0.15) is 35.1 Å². The van der Waals surface area contributed by atoms with E-state index >= 15 is 0 Å². The lowest BCUT2D eigenvalue weighted by molar-refractivity contribution is -0.143. The van der Waals surface area contributed by atoms with Gasteiger partial charge in [-0.05, 0) is 18.1 Å². The number of hydrogen-bond donors (Lipinski definition) is 1. The SMILES string of the molecule is Cc1ccc([C@@H]2N[C@@]3(CCOC3=O)C(c3ccccc3)C2(C#N)C#N)cc1. The molecule has 2 fully saturated rings. The van der Waals surface area contributed by atoms with Gasteiger partial charge in [0, 0.05) is 12.3 Å². The first kappa shape index (κ1) is 17.3. The van der Waals surface area contributed by atoms with Crippen LogP contribution in [0, 0.1) is 35.0 Å². The zero-order chi connectivity index (χ0) is 19.1. The van der Waals surface area contributed by atoms with Gasteiger partial charge in [0.15, 0.2) is 5.41 Å². The van der Waals surface area contributed by atoms with Crippen LogP contribution in [0.15, 0.2) is 54.6 Å². The molecule has 2 saturated heterocycles. The Morgan fingerprint density at radius 2 is 1.70 bits per heavy atom. The first-order valence-electron chi connectivity index (χ1n) is 8.96. The summed E-state index contributed by atoms with van der Waals surface area (Å²) in [5, 5.41) is 23.8. The Balaban J connectivity index is 1.95. The number of nitrogens with zero attached hydrogens (tertiary/aromatic N) is 2. The van der Waals surface area contributed by atoms with Crippen molar-refractivity contribution >= 4 is 5.97 Å². The third-order valence-electron chi connectivity index (χ3n) is 5.81. The Morgan fingerprint density at radius 3 is 2.26 bits per heavy atom. The molecule has 2 aliphatic heterocycles. The molecule has 0 amide bonds. The molecule has 0 aliphatic carbocycles. The van der Waals surface area contributed by atoms with Crippen LogP contribution in [0.2, 0.25) is 0 Å². The minimum Gasteiger partial charge on any atom is -0.464 e. The van der Waals surface area contributed by atoms with Crippen LogP contribution in [-0.4, -0.2) is 18.1 Å². The quantitative estimate of drug-likeness (QED) is 0.835. The minimum absolute atomic E-state index is 0.280. The molecule has 3 atom stereocenters. The molecular formula is C22H19N3O2. The van der Waals surface area contributed by atoms with Crippen molar-refractivity contribution in [2.75, 3.05) is 6.61 Å². The summed E-state index contributed by atoms with van der Waals surface area (Å²) in [4.78, 5) is 12.8. The highest BCUT2D eigenvalue weighted by atomic mass is 16.5. The molecular weight excluding hydrogens is 338 g/mol. The third kappa shape index (κ3) is 2.36. The van der Waals surface area contributed by atoms with Crippen LogP contribution in [0.4, 0.5) is 0 Å². The van der Waals surface area contributed by atoms with Crippen LogP contribution >= 0.6 is 0 Å².